The molecule has 1 saturated carbocycles. The van der Waals surface area contributed by atoms with Gasteiger partial charge in [0.25, 0.3) is 0 Å². The Hall–Kier alpha value is -2.43. The smallest absolute Gasteiger partial charge is 0.248 e. The summed E-state index contributed by atoms with van der Waals surface area (Å²) in [5.74, 6) is -2.31. The van der Waals surface area contributed by atoms with Gasteiger partial charge >= 0.3 is 0 Å². The molecule has 1 heterocycles. The third kappa shape index (κ3) is 3.33. The summed E-state index contributed by atoms with van der Waals surface area (Å²) in [6.07, 6.45) is 5.56. The highest BCUT2D eigenvalue weighted by atomic mass is 19.2. The van der Waals surface area contributed by atoms with Crippen LogP contribution in [-0.4, -0.2) is 10.5 Å². The molecular weight excluding hydrogens is 298 g/mol. The minimum Gasteiger partial charge on any atom is -0.346 e. The Morgan fingerprint density at radius 1 is 1.22 bits per heavy atom. The average molecular weight is 316 g/mol. The van der Waals surface area contributed by atoms with Gasteiger partial charge in [0.15, 0.2) is 11.6 Å². The topological polar surface area (TPSA) is 34.0 Å². The Morgan fingerprint density at radius 3 is 2.61 bits per heavy atom. The van der Waals surface area contributed by atoms with E-state index in [-0.39, 0.29) is 11.6 Å². The molecule has 2 aromatic rings. The fourth-order valence-corrected chi connectivity index (χ4v) is 2.79. The number of nitrogens with zero attached hydrogens (tertiary/aromatic N) is 1. The first kappa shape index (κ1) is 15.5. The molecule has 5 heteroatoms. The number of halogens is 2. The molecule has 0 saturated heterocycles. The largest absolute Gasteiger partial charge is 0.346 e. The van der Waals surface area contributed by atoms with Gasteiger partial charge in [-0.1, -0.05) is 0 Å². The molecule has 3 rings (SSSR count). The van der Waals surface area contributed by atoms with Gasteiger partial charge in [0.1, 0.15) is 0 Å². The predicted molar refractivity (Wildman–Crippen MR) is 86.2 cm³/mol. The number of hydrogen-bond donors (Lipinski definition) is 1. The molecule has 0 aliphatic heterocycles. The second kappa shape index (κ2) is 5.99. The van der Waals surface area contributed by atoms with Crippen LogP contribution in [0.3, 0.4) is 0 Å². The molecule has 0 spiro atoms. The number of rotatable bonds is 4. The highest BCUT2D eigenvalue weighted by Crippen LogP contribution is 2.38. The van der Waals surface area contributed by atoms with E-state index >= 15 is 0 Å². The predicted octanol–water partition coefficient (Wildman–Crippen LogP) is 4.37. The lowest BCUT2D eigenvalue weighted by Gasteiger charge is -2.06. The van der Waals surface area contributed by atoms with Crippen LogP contribution in [0, 0.1) is 25.5 Å². The molecule has 1 aliphatic carbocycles. The zero-order valence-corrected chi connectivity index (χ0v) is 13.1. The number of aromatic nitrogens is 1. The Bertz CT molecular complexity index is 789. The number of carbonyl (C=O) groups is 1. The Balaban J connectivity index is 1.71. The van der Waals surface area contributed by atoms with Crippen molar-refractivity contribution >= 4 is 17.7 Å². The van der Waals surface area contributed by atoms with Crippen molar-refractivity contribution in [2.75, 3.05) is 5.32 Å². The summed E-state index contributed by atoms with van der Waals surface area (Å²) in [5, 5.41) is 2.52. The van der Waals surface area contributed by atoms with Crippen LogP contribution in [0.15, 0.2) is 30.3 Å². The Labute approximate surface area is 133 Å². The van der Waals surface area contributed by atoms with Gasteiger partial charge in [0.05, 0.1) is 0 Å². The van der Waals surface area contributed by atoms with Gasteiger partial charge < -0.3 is 9.88 Å². The molecule has 1 amide bonds. The van der Waals surface area contributed by atoms with Crippen LogP contribution in [0.25, 0.3) is 6.08 Å². The summed E-state index contributed by atoms with van der Waals surface area (Å²) in [6.45, 7) is 4.10. The van der Waals surface area contributed by atoms with E-state index in [9.17, 15) is 13.6 Å². The fourth-order valence-electron chi connectivity index (χ4n) is 2.79. The maximum absolute atomic E-state index is 13.1. The number of aryl methyl sites for hydroxylation is 1. The van der Waals surface area contributed by atoms with E-state index in [2.05, 4.69) is 22.9 Å². The quantitative estimate of drug-likeness (QED) is 0.835. The van der Waals surface area contributed by atoms with E-state index in [1.54, 1.807) is 6.08 Å². The third-order valence-corrected chi connectivity index (χ3v) is 4.04. The molecule has 23 heavy (non-hydrogen) atoms. The highest BCUT2D eigenvalue weighted by molar-refractivity contribution is 6.02. The van der Waals surface area contributed by atoms with Crippen molar-refractivity contribution in [2.24, 2.45) is 0 Å². The molecular formula is C18H18F2N2O. The second-order valence-corrected chi connectivity index (χ2v) is 5.88. The standard InChI is InChI=1S/C18H18F2N2O/c1-11-9-13(12(2)22(11)15-5-6-15)3-8-18(23)21-14-4-7-16(19)17(20)10-14/h3-4,7-10,15H,5-6H2,1-2H3,(H,21,23)/b8-3+. The van der Waals surface area contributed by atoms with Crippen molar-refractivity contribution in [1.29, 1.82) is 0 Å². The molecule has 1 N–H and O–H groups in total. The normalized spacial score (nSPS) is 14.4. The lowest BCUT2D eigenvalue weighted by Crippen LogP contribution is -2.08. The van der Waals surface area contributed by atoms with Gasteiger partial charge in [-0.3, -0.25) is 4.79 Å². The summed E-state index contributed by atoms with van der Waals surface area (Å²) < 4.78 is 28.3. The molecule has 0 radical (unpaired) electrons. The van der Waals surface area contributed by atoms with Crippen LogP contribution < -0.4 is 5.32 Å². The molecule has 3 nitrogen and oxygen atoms in total. The summed E-state index contributed by atoms with van der Waals surface area (Å²) in [4.78, 5) is 11.9. The van der Waals surface area contributed by atoms with Crippen LogP contribution >= 0.6 is 0 Å². The number of carbonyl (C=O) groups excluding carboxylic acids is 1. The molecule has 1 fully saturated rings. The maximum Gasteiger partial charge on any atom is 0.248 e. The minimum absolute atomic E-state index is 0.224. The lowest BCUT2D eigenvalue weighted by atomic mass is 10.2. The van der Waals surface area contributed by atoms with E-state index in [0.29, 0.717) is 6.04 Å². The monoisotopic (exact) mass is 316 g/mol. The summed E-state index contributed by atoms with van der Waals surface area (Å²) >= 11 is 0. The van der Waals surface area contributed by atoms with E-state index < -0.39 is 11.6 Å². The minimum atomic E-state index is -0.986. The molecule has 1 aromatic carbocycles. The van der Waals surface area contributed by atoms with Gasteiger partial charge in [-0.2, -0.15) is 0 Å². The Morgan fingerprint density at radius 2 is 1.96 bits per heavy atom. The maximum atomic E-state index is 13.1. The zero-order chi connectivity index (χ0) is 16.6. The van der Waals surface area contributed by atoms with E-state index in [4.69, 9.17) is 0 Å². The van der Waals surface area contributed by atoms with E-state index in [1.165, 1.54) is 30.7 Å². The summed E-state index contributed by atoms with van der Waals surface area (Å²) in [7, 11) is 0. The van der Waals surface area contributed by atoms with Crippen LogP contribution in [0.2, 0.25) is 0 Å². The van der Waals surface area contributed by atoms with Crippen LogP contribution in [0.5, 0.6) is 0 Å². The second-order valence-electron chi connectivity index (χ2n) is 5.88. The van der Waals surface area contributed by atoms with Crippen LogP contribution in [0.1, 0.15) is 35.8 Å². The van der Waals surface area contributed by atoms with Crippen molar-refractivity contribution in [3.63, 3.8) is 0 Å². The summed E-state index contributed by atoms with van der Waals surface area (Å²) in [6, 6.07) is 5.91. The average Bonchev–Trinajstić information content (AvgIpc) is 3.28. The van der Waals surface area contributed by atoms with Crippen molar-refractivity contribution in [1.82, 2.24) is 4.57 Å². The van der Waals surface area contributed by atoms with Gasteiger partial charge in [-0.15, -0.1) is 0 Å². The van der Waals surface area contributed by atoms with Crippen LogP contribution in [0.4, 0.5) is 14.5 Å². The molecule has 0 atom stereocenters. The van der Waals surface area contributed by atoms with Crippen molar-refractivity contribution in [3.05, 3.63) is 58.9 Å². The number of benzene rings is 1. The Kier molecular flexibility index (Phi) is 4.03. The fraction of sp³-hybridized carbons (Fsp3) is 0.278. The number of nitrogens with one attached hydrogen (secondary N) is 1. The lowest BCUT2D eigenvalue weighted by molar-refractivity contribution is -0.111. The van der Waals surface area contributed by atoms with E-state index in [0.717, 1.165) is 23.4 Å². The SMILES string of the molecule is Cc1cc(/C=C/C(=O)Nc2ccc(F)c(F)c2)c(C)n1C1CC1. The first-order valence-electron chi connectivity index (χ1n) is 7.58. The number of amides is 1. The number of hydrogen-bond acceptors (Lipinski definition) is 1. The van der Waals surface area contributed by atoms with E-state index in [1.807, 2.05) is 6.92 Å². The zero-order valence-electron chi connectivity index (χ0n) is 13.1. The van der Waals surface area contributed by atoms with Gasteiger partial charge in [-0.05, 0) is 56.5 Å². The van der Waals surface area contributed by atoms with Crippen molar-refractivity contribution in [2.45, 2.75) is 32.7 Å². The van der Waals surface area contributed by atoms with Gasteiger partial charge in [0, 0.05) is 35.3 Å². The summed E-state index contributed by atoms with van der Waals surface area (Å²) in [5.41, 5.74) is 3.55. The molecule has 0 bridgehead atoms. The first-order chi connectivity index (χ1) is 11.0. The molecule has 0 unspecified atom stereocenters. The van der Waals surface area contributed by atoms with Crippen LogP contribution in [-0.2, 0) is 4.79 Å². The number of anilines is 1. The highest BCUT2D eigenvalue weighted by Gasteiger charge is 2.26. The van der Waals surface area contributed by atoms with Gasteiger partial charge in [0.2, 0.25) is 5.91 Å². The third-order valence-electron chi connectivity index (χ3n) is 4.04. The molecule has 1 aromatic heterocycles. The van der Waals surface area contributed by atoms with Gasteiger partial charge in [-0.25, -0.2) is 8.78 Å². The molecule has 120 valence electrons. The van der Waals surface area contributed by atoms with Crippen molar-refractivity contribution < 1.29 is 13.6 Å². The molecule has 1 aliphatic rings. The first-order valence-corrected chi connectivity index (χ1v) is 7.58. The van der Waals surface area contributed by atoms with Crippen molar-refractivity contribution in [3.8, 4) is 0 Å².